The van der Waals surface area contributed by atoms with E-state index in [9.17, 15) is 40.5 Å². The van der Waals surface area contributed by atoms with Crippen LogP contribution in [0.1, 0.15) is 17.7 Å². The van der Waals surface area contributed by atoms with E-state index in [-0.39, 0.29) is 6.20 Å². The third-order valence-corrected chi connectivity index (χ3v) is 3.34. The fourth-order valence-corrected chi connectivity index (χ4v) is 2.64. The molecule has 6 nitrogen and oxygen atoms in total. The lowest BCUT2D eigenvalue weighted by molar-refractivity contribution is -0.388. The third kappa shape index (κ3) is 3.12. The molecule has 0 saturated carbocycles. The molecule has 0 spiro atoms. The second kappa shape index (κ2) is 5.09. The molecular weight excluding hydrogens is 339 g/mol. The van der Waals surface area contributed by atoms with E-state index in [4.69, 9.17) is 0 Å². The van der Waals surface area contributed by atoms with Crippen molar-refractivity contribution in [1.82, 2.24) is 4.98 Å². The van der Waals surface area contributed by atoms with Crippen molar-refractivity contribution in [3.63, 3.8) is 0 Å². The van der Waals surface area contributed by atoms with Gasteiger partial charge in [0.1, 0.15) is 16.8 Å². The summed E-state index contributed by atoms with van der Waals surface area (Å²) < 4.78 is 85.4. The molecule has 0 aliphatic heterocycles. The monoisotopic (exact) mass is 340 g/mol. The average Bonchev–Trinajstić information content (AvgIpc) is 2.24. The van der Waals surface area contributed by atoms with Crippen LogP contribution in [0, 0.1) is 10.1 Å². The lowest BCUT2D eigenvalue weighted by Crippen LogP contribution is -2.17. The predicted molar refractivity (Wildman–Crippen MR) is 53.9 cm³/mol. The van der Waals surface area contributed by atoms with E-state index in [1.54, 1.807) is 0 Å². The fourth-order valence-electron chi connectivity index (χ4n) is 1.31. The normalized spacial score (nSPS) is 12.8. The summed E-state index contributed by atoms with van der Waals surface area (Å²) in [6.45, 7) is 0. The Morgan fingerprint density at radius 3 is 2.15 bits per heavy atom. The van der Waals surface area contributed by atoms with Gasteiger partial charge in [-0.25, -0.2) is 22.2 Å². The maximum absolute atomic E-state index is 12.7. The van der Waals surface area contributed by atoms with Gasteiger partial charge in [-0.1, -0.05) is 0 Å². The molecule has 13 heteroatoms. The van der Waals surface area contributed by atoms with Gasteiger partial charge in [-0.05, 0) is 0 Å². The Labute approximate surface area is 111 Å². The van der Waals surface area contributed by atoms with Crippen LogP contribution < -0.4 is 0 Å². The first-order chi connectivity index (χ1) is 8.87. The number of aromatic nitrogens is 1. The zero-order valence-corrected chi connectivity index (χ0v) is 10.4. The number of nitrogens with zero attached hydrogens (tertiary/aromatic N) is 2. The fraction of sp³-hybridized carbons (Fsp3) is 0.286. The van der Waals surface area contributed by atoms with Crippen molar-refractivity contribution in [3.8, 4) is 0 Å². The Balaban J connectivity index is 4.00. The molecule has 0 aliphatic rings. The van der Waals surface area contributed by atoms with Gasteiger partial charge >= 0.3 is 11.9 Å². The van der Waals surface area contributed by atoms with Crippen LogP contribution in [0.15, 0.2) is 11.1 Å². The van der Waals surface area contributed by atoms with Crippen molar-refractivity contribution in [1.29, 1.82) is 0 Å². The molecule has 0 radical (unpaired) electrons. The highest BCUT2D eigenvalue weighted by Gasteiger charge is 2.47. The Bertz CT molecular complexity index is 660. The SMILES string of the molecule is O=[N+]([O-])c1cnc(C(F)F)c(S(=O)(=O)Cl)c1C(F)(F)F. The number of nitro groups is 1. The largest absolute Gasteiger partial charge is 0.424 e. The van der Waals surface area contributed by atoms with Crippen LogP contribution in [0.25, 0.3) is 0 Å². The summed E-state index contributed by atoms with van der Waals surface area (Å²) in [5, 5.41) is 10.5. The topological polar surface area (TPSA) is 90.2 Å². The van der Waals surface area contributed by atoms with Gasteiger partial charge in [0.2, 0.25) is 0 Å². The molecule has 1 aromatic rings. The molecule has 0 N–H and O–H groups in total. The summed E-state index contributed by atoms with van der Waals surface area (Å²) in [5.74, 6) is 0. The molecule has 0 fully saturated rings. The molecular formula is C7H2ClF5N2O4S. The van der Waals surface area contributed by atoms with Crippen LogP contribution in [-0.4, -0.2) is 18.3 Å². The first-order valence-corrected chi connectivity index (χ1v) is 6.65. The minimum absolute atomic E-state index is 0.101. The molecule has 1 heterocycles. The first kappa shape index (κ1) is 16.5. The minimum Gasteiger partial charge on any atom is -0.258 e. The number of rotatable bonds is 3. The Hall–Kier alpha value is -1.56. The van der Waals surface area contributed by atoms with Gasteiger partial charge in [-0.3, -0.25) is 10.1 Å². The van der Waals surface area contributed by atoms with Crippen molar-refractivity contribution in [2.45, 2.75) is 17.5 Å². The smallest absolute Gasteiger partial charge is 0.258 e. The van der Waals surface area contributed by atoms with E-state index in [0.717, 1.165) is 0 Å². The second-order valence-electron chi connectivity index (χ2n) is 3.23. The predicted octanol–water partition coefficient (Wildman–Crippen LogP) is 2.87. The molecule has 0 bridgehead atoms. The van der Waals surface area contributed by atoms with Crippen molar-refractivity contribution in [2.24, 2.45) is 0 Å². The molecule has 112 valence electrons. The van der Waals surface area contributed by atoms with E-state index >= 15 is 0 Å². The van der Waals surface area contributed by atoms with Crippen molar-refractivity contribution >= 4 is 25.4 Å². The Morgan fingerprint density at radius 2 is 1.85 bits per heavy atom. The molecule has 0 amide bonds. The summed E-state index contributed by atoms with van der Waals surface area (Å²) in [6.07, 6.45) is -9.41. The summed E-state index contributed by atoms with van der Waals surface area (Å²) >= 11 is 0. The van der Waals surface area contributed by atoms with Gasteiger partial charge in [-0.15, -0.1) is 0 Å². The number of halogens is 6. The standard InChI is InChI=1S/C7H2ClF5N2O4S/c8-20(18,19)5-3(7(11,12)13)2(15(16)17)1-14-4(5)6(9)10/h1,6H. The number of hydrogen-bond donors (Lipinski definition) is 0. The highest BCUT2D eigenvalue weighted by atomic mass is 35.7. The Kier molecular flexibility index (Phi) is 4.20. The van der Waals surface area contributed by atoms with Gasteiger partial charge in [0.05, 0.1) is 4.92 Å². The number of pyridine rings is 1. The molecule has 0 saturated heterocycles. The van der Waals surface area contributed by atoms with Gasteiger partial charge in [0.25, 0.3) is 15.5 Å². The van der Waals surface area contributed by atoms with Crippen molar-refractivity contribution in [3.05, 3.63) is 27.6 Å². The Morgan fingerprint density at radius 1 is 1.35 bits per heavy atom. The highest BCUT2D eigenvalue weighted by Crippen LogP contribution is 2.43. The molecule has 0 atom stereocenters. The molecule has 0 aliphatic carbocycles. The summed E-state index contributed by atoms with van der Waals surface area (Å²) in [4.78, 5) is 9.44. The zero-order chi connectivity index (χ0) is 15.9. The van der Waals surface area contributed by atoms with Gasteiger partial charge < -0.3 is 0 Å². The molecule has 1 aromatic heterocycles. The van der Waals surface area contributed by atoms with E-state index in [1.165, 1.54) is 0 Å². The maximum Gasteiger partial charge on any atom is 0.424 e. The highest BCUT2D eigenvalue weighted by molar-refractivity contribution is 8.13. The first-order valence-electron chi connectivity index (χ1n) is 4.34. The number of hydrogen-bond acceptors (Lipinski definition) is 5. The quantitative estimate of drug-likeness (QED) is 0.365. The summed E-state index contributed by atoms with van der Waals surface area (Å²) in [6, 6.07) is 0. The molecule has 0 aromatic carbocycles. The van der Waals surface area contributed by atoms with Crippen LogP contribution in [0.4, 0.5) is 27.6 Å². The molecule has 1 rings (SSSR count). The number of alkyl halides is 5. The minimum atomic E-state index is -5.59. The van der Waals surface area contributed by atoms with Crippen molar-refractivity contribution < 1.29 is 35.3 Å². The molecule has 20 heavy (non-hydrogen) atoms. The maximum atomic E-state index is 12.7. The lowest BCUT2D eigenvalue weighted by Gasteiger charge is -2.13. The van der Waals surface area contributed by atoms with Crippen LogP contribution in [0.2, 0.25) is 0 Å². The molecule has 0 unspecified atom stereocenters. The third-order valence-electron chi connectivity index (χ3n) is 1.97. The van der Waals surface area contributed by atoms with Gasteiger partial charge in [0, 0.05) is 10.7 Å². The van der Waals surface area contributed by atoms with Gasteiger partial charge in [-0.2, -0.15) is 13.2 Å². The zero-order valence-electron chi connectivity index (χ0n) is 8.86. The summed E-state index contributed by atoms with van der Waals surface area (Å²) in [5.41, 5.74) is -5.98. The lowest BCUT2D eigenvalue weighted by atomic mass is 10.2. The van der Waals surface area contributed by atoms with E-state index in [1.807, 2.05) is 0 Å². The van der Waals surface area contributed by atoms with E-state index in [2.05, 4.69) is 15.7 Å². The van der Waals surface area contributed by atoms with E-state index in [0.29, 0.717) is 0 Å². The average molecular weight is 341 g/mol. The summed E-state index contributed by atoms with van der Waals surface area (Å²) in [7, 11) is -0.671. The van der Waals surface area contributed by atoms with Crippen LogP contribution in [-0.2, 0) is 15.2 Å². The van der Waals surface area contributed by atoms with Crippen LogP contribution in [0.3, 0.4) is 0 Å². The van der Waals surface area contributed by atoms with E-state index < -0.39 is 48.4 Å². The van der Waals surface area contributed by atoms with Crippen LogP contribution in [0.5, 0.6) is 0 Å². The van der Waals surface area contributed by atoms with Crippen molar-refractivity contribution in [2.75, 3.05) is 0 Å². The van der Waals surface area contributed by atoms with Crippen LogP contribution >= 0.6 is 10.7 Å². The van der Waals surface area contributed by atoms with Gasteiger partial charge in [0.15, 0.2) is 5.56 Å². The second-order valence-corrected chi connectivity index (χ2v) is 5.73.